The van der Waals surface area contributed by atoms with E-state index < -0.39 is 35.6 Å². The molecule has 0 radical (unpaired) electrons. The first kappa shape index (κ1) is 51.6. The fourth-order valence-electron chi connectivity index (χ4n) is 10.1. The second-order valence-electron chi connectivity index (χ2n) is 19.9. The molecule has 0 bridgehead atoms. The highest BCUT2D eigenvalue weighted by atomic mass is 35.5. The summed E-state index contributed by atoms with van der Waals surface area (Å²) in [7, 11) is 0. The fourth-order valence-corrected chi connectivity index (χ4v) is 10.6. The van der Waals surface area contributed by atoms with Crippen molar-refractivity contribution >= 4 is 52.3 Å². The van der Waals surface area contributed by atoms with Crippen molar-refractivity contribution in [2.24, 2.45) is 0 Å². The molecule has 3 aliphatic rings. The Kier molecular flexibility index (Phi) is 15.3. The highest BCUT2D eigenvalue weighted by Crippen LogP contribution is 2.45. The Morgan fingerprint density at radius 3 is 2.01 bits per heavy atom. The third-order valence-electron chi connectivity index (χ3n) is 13.7. The minimum Gasteiger partial charge on any atom is -0.449 e. The number of aromatic nitrogens is 2. The van der Waals surface area contributed by atoms with Crippen LogP contribution in [0.1, 0.15) is 68.2 Å². The van der Waals surface area contributed by atoms with Crippen LogP contribution in [0.3, 0.4) is 0 Å². The molecule has 2 aliphatic heterocycles. The first-order chi connectivity index (χ1) is 34.9. The lowest BCUT2D eigenvalue weighted by Gasteiger charge is -2.41. The van der Waals surface area contributed by atoms with Crippen LogP contribution in [0.2, 0.25) is 10.0 Å². The minimum absolute atomic E-state index is 0.0632. The molecule has 73 heavy (non-hydrogen) atoms. The molecule has 0 atom stereocenters. The van der Waals surface area contributed by atoms with Crippen molar-refractivity contribution in [2.75, 3.05) is 52.4 Å². The summed E-state index contributed by atoms with van der Waals surface area (Å²) in [5.41, 5.74) is 6.22. The number of aryl methyl sites for hydroxylation is 1. The Bertz CT molecular complexity index is 2900. The second kappa shape index (κ2) is 21.6. The van der Waals surface area contributed by atoms with Gasteiger partial charge in [-0.1, -0.05) is 89.9 Å². The minimum atomic E-state index is -4.83. The number of ether oxygens (including phenoxy) is 3. The topological polar surface area (TPSA) is 130 Å². The smallest absolute Gasteiger partial charge is 0.449 e. The van der Waals surface area contributed by atoms with E-state index in [1.165, 1.54) is 12.1 Å². The molecule has 2 N–H and O–H groups in total. The SMILES string of the molecule is CC(C)(C)OC(=O)N1CCC(NC(=O)OCC2c3ccccc3-c3ccccc32)(C(=O)NCCCn2cc(-c3ccc(OC(F)(F)F)cc3)c3cc(CN4CCN(Cc5c(Cl)cccc5Cl)CC4)cnc32)CC1. The van der Waals surface area contributed by atoms with Crippen molar-refractivity contribution in [3.8, 4) is 28.0 Å². The second-order valence-corrected chi connectivity index (χ2v) is 20.7. The maximum atomic E-state index is 14.4. The van der Waals surface area contributed by atoms with Crippen LogP contribution in [0, 0.1) is 0 Å². The van der Waals surface area contributed by atoms with Gasteiger partial charge >= 0.3 is 18.5 Å². The molecule has 4 heterocycles. The van der Waals surface area contributed by atoms with Crippen LogP contribution < -0.4 is 15.4 Å². The normalized spacial score (nSPS) is 16.2. The largest absolute Gasteiger partial charge is 0.573 e. The summed E-state index contributed by atoms with van der Waals surface area (Å²) >= 11 is 12.9. The molecule has 0 unspecified atom stereocenters. The van der Waals surface area contributed by atoms with E-state index >= 15 is 0 Å². The number of nitrogens with zero attached hydrogens (tertiary/aromatic N) is 5. The van der Waals surface area contributed by atoms with E-state index in [0.29, 0.717) is 47.3 Å². The number of fused-ring (bicyclic) bond motifs is 4. The van der Waals surface area contributed by atoms with Crippen LogP contribution in [-0.2, 0) is 33.9 Å². The summed E-state index contributed by atoms with van der Waals surface area (Å²) in [6.45, 7) is 11.0. The molecule has 13 nitrogen and oxygen atoms in total. The zero-order valence-corrected chi connectivity index (χ0v) is 42.5. The number of pyridine rings is 1. The van der Waals surface area contributed by atoms with Crippen molar-refractivity contribution in [3.05, 3.63) is 142 Å². The number of halogens is 5. The van der Waals surface area contributed by atoms with E-state index in [2.05, 4.69) is 43.4 Å². The molecule has 2 fully saturated rings. The number of rotatable bonds is 14. The number of carbonyl (C=O) groups excluding carboxylic acids is 3. The molecule has 0 spiro atoms. The van der Waals surface area contributed by atoms with Crippen molar-refractivity contribution in [1.82, 2.24) is 34.9 Å². The monoisotopic (exact) mass is 1040 g/mol. The Balaban J connectivity index is 0.879. The first-order valence-electron chi connectivity index (χ1n) is 24.5. The summed E-state index contributed by atoms with van der Waals surface area (Å²) in [5, 5.41) is 8.10. The van der Waals surface area contributed by atoms with Gasteiger partial charge in [0.15, 0.2) is 0 Å². The van der Waals surface area contributed by atoms with Gasteiger partial charge < -0.3 is 34.3 Å². The molecule has 384 valence electrons. The first-order valence-corrected chi connectivity index (χ1v) is 25.3. The number of hydrogen-bond acceptors (Lipinski definition) is 9. The highest BCUT2D eigenvalue weighted by molar-refractivity contribution is 6.36. The molecule has 18 heteroatoms. The lowest BCUT2D eigenvalue weighted by atomic mass is 9.86. The van der Waals surface area contributed by atoms with Gasteiger partial charge in [0.1, 0.15) is 29.1 Å². The Labute approximate surface area is 432 Å². The Morgan fingerprint density at radius 2 is 1.40 bits per heavy atom. The lowest BCUT2D eigenvalue weighted by molar-refractivity contribution is -0.274. The number of carbonyl (C=O) groups is 3. The Morgan fingerprint density at radius 1 is 0.781 bits per heavy atom. The number of piperidine rings is 1. The lowest BCUT2D eigenvalue weighted by Crippen LogP contribution is -2.64. The molecule has 6 aromatic rings. The number of alkyl halides is 3. The Hall–Kier alpha value is -6.33. The van der Waals surface area contributed by atoms with Crippen LogP contribution in [-0.4, -0.2) is 112 Å². The van der Waals surface area contributed by atoms with Gasteiger partial charge in [-0.15, -0.1) is 13.2 Å². The summed E-state index contributed by atoms with van der Waals surface area (Å²) in [4.78, 5) is 52.4. The number of piperazine rings is 1. The standard InChI is InChI=1S/C55H58Cl2F3N7O6/c1-53(2,3)73-52(70)66-24-20-54(21-25-66,63-51(69)71-35-46-41-12-6-4-10-39(41)40-11-5-7-13-42(40)46)50(68)61-22-9-23-67-34-44(37-16-18-38(19-17-37)72-55(58,59)60)43-30-36(31-62-49(43)67)32-64-26-28-65(29-27-64)33-45-47(56)14-8-15-48(45)57/h4-8,10-19,30-31,34,46H,9,20-29,32-33,35H2,1-3H3,(H,61,68)(H,63,69). The molecule has 3 amide bonds. The summed E-state index contributed by atoms with van der Waals surface area (Å²) < 4.78 is 56.9. The highest BCUT2D eigenvalue weighted by Gasteiger charge is 2.45. The van der Waals surface area contributed by atoms with Gasteiger partial charge in [0.2, 0.25) is 5.91 Å². The van der Waals surface area contributed by atoms with E-state index in [-0.39, 0.29) is 50.8 Å². The van der Waals surface area contributed by atoms with Gasteiger partial charge in [0.05, 0.1) is 0 Å². The third kappa shape index (κ3) is 12.2. The van der Waals surface area contributed by atoms with E-state index in [1.807, 2.05) is 71.6 Å². The molecule has 0 saturated carbocycles. The summed E-state index contributed by atoms with van der Waals surface area (Å²) in [6, 6.07) is 29.5. The van der Waals surface area contributed by atoms with Gasteiger partial charge in [-0.05, 0) is 104 Å². The molecule has 1 aliphatic carbocycles. The number of nitrogens with one attached hydrogen (secondary N) is 2. The van der Waals surface area contributed by atoms with Crippen molar-refractivity contribution in [1.29, 1.82) is 0 Å². The maximum Gasteiger partial charge on any atom is 0.573 e. The van der Waals surface area contributed by atoms with Crippen LogP contribution in [0.5, 0.6) is 5.75 Å². The number of likely N-dealkylation sites (tertiary alicyclic amines) is 1. The molecular formula is C55H58Cl2F3N7O6. The molecule has 9 rings (SSSR count). The van der Waals surface area contributed by atoms with Crippen LogP contribution in [0.4, 0.5) is 22.8 Å². The van der Waals surface area contributed by atoms with E-state index in [4.69, 9.17) is 37.7 Å². The third-order valence-corrected chi connectivity index (χ3v) is 14.4. The average Bonchev–Trinajstić information content (AvgIpc) is 3.88. The molecular weight excluding hydrogens is 983 g/mol. The van der Waals surface area contributed by atoms with Crippen LogP contribution in [0.25, 0.3) is 33.3 Å². The average molecular weight is 1040 g/mol. The van der Waals surface area contributed by atoms with Gasteiger partial charge in [0.25, 0.3) is 0 Å². The zero-order valence-electron chi connectivity index (χ0n) is 40.9. The number of benzene rings is 4. The quantitative estimate of drug-likeness (QED) is 0.102. The van der Waals surface area contributed by atoms with E-state index in [0.717, 1.165) is 70.5 Å². The van der Waals surface area contributed by atoms with E-state index in [1.54, 1.807) is 37.8 Å². The zero-order chi connectivity index (χ0) is 51.5. The van der Waals surface area contributed by atoms with Gasteiger partial charge in [-0.25, -0.2) is 14.6 Å². The summed E-state index contributed by atoms with van der Waals surface area (Å²) in [6.07, 6.45) is -1.58. The number of amides is 3. The molecule has 2 saturated heterocycles. The fraction of sp³-hybridized carbons (Fsp3) is 0.382. The van der Waals surface area contributed by atoms with Gasteiger partial charge in [0, 0.05) is 110 Å². The number of alkyl carbamates (subject to hydrolysis) is 1. The predicted octanol–water partition coefficient (Wildman–Crippen LogP) is 11.0. The van der Waals surface area contributed by atoms with Gasteiger partial charge in [-0.3, -0.25) is 14.6 Å². The van der Waals surface area contributed by atoms with Crippen LogP contribution >= 0.6 is 23.2 Å². The van der Waals surface area contributed by atoms with Crippen molar-refractivity contribution in [3.63, 3.8) is 0 Å². The predicted molar refractivity (Wildman–Crippen MR) is 274 cm³/mol. The molecule has 2 aromatic heterocycles. The van der Waals surface area contributed by atoms with Gasteiger partial charge in [-0.2, -0.15) is 0 Å². The van der Waals surface area contributed by atoms with Crippen molar-refractivity contribution in [2.45, 2.75) is 83.1 Å². The van der Waals surface area contributed by atoms with Crippen molar-refractivity contribution < 1.29 is 41.8 Å². The molecule has 4 aromatic carbocycles. The van der Waals surface area contributed by atoms with E-state index in [9.17, 15) is 27.6 Å². The van der Waals surface area contributed by atoms with Crippen LogP contribution in [0.15, 0.2) is 109 Å². The summed E-state index contributed by atoms with van der Waals surface area (Å²) in [5.74, 6) is -0.911. The number of hydrogen-bond donors (Lipinski definition) is 2. The maximum absolute atomic E-state index is 14.4.